The molecule has 0 aliphatic rings. The highest BCUT2D eigenvalue weighted by atomic mass is 16.6. The Labute approximate surface area is 189 Å². The van der Waals surface area contributed by atoms with Crippen LogP contribution in [0.2, 0.25) is 0 Å². The molecule has 0 fully saturated rings. The topological polar surface area (TPSA) is 114 Å². The number of aryl methyl sites for hydroxylation is 1. The number of nitrogens with zero attached hydrogens (tertiary/aromatic N) is 1. The number of alkyl carbamates (subject to hydrolysis) is 1. The van der Waals surface area contributed by atoms with Gasteiger partial charge in [0.2, 0.25) is 11.8 Å². The van der Waals surface area contributed by atoms with E-state index in [4.69, 9.17) is 4.74 Å². The number of carbonyl (C=O) groups is 4. The van der Waals surface area contributed by atoms with E-state index in [2.05, 4.69) is 15.4 Å². The molecule has 0 aliphatic heterocycles. The number of benzene rings is 1. The highest BCUT2D eigenvalue weighted by molar-refractivity contribution is 5.93. The molecule has 9 heteroatoms. The minimum absolute atomic E-state index is 0.270. The second-order valence-electron chi connectivity index (χ2n) is 8.93. The summed E-state index contributed by atoms with van der Waals surface area (Å²) in [5.41, 5.74) is 0.753. The number of amides is 3. The predicted molar refractivity (Wildman–Crippen MR) is 120 cm³/mol. The van der Waals surface area contributed by atoms with Crippen molar-refractivity contribution in [2.24, 2.45) is 5.92 Å². The zero-order chi connectivity index (χ0) is 24.6. The van der Waals surface area contributed by atoms with Gasteiger partial charge in [-0.25, -0.2) is 4.79 Å². The van der Waals surface area contributed by atoms with Crippen molar-refractivity contribution in [3.8, 4) is 0 Å². The number of rotatable bonds is 8. The van der Waals surface area contributed by atoms with Crippen molar-refractivity contribution in [3.63, 3.8) is 0 Å². The van der Waals surface area contributed by atoms with E-state index in [1.807, 2.05) is 13.0 Å². The number of carbonyl (C=O) groups excluding carboxylic acids is 4. The van der Waals surface area contributed by atoms with Crippen molar-refractivity contribution in [1.29, 1.82) is 0 Å². The van der Waals surface area contributed by atoms with Crippen molar-refractivity contribution in [3.05, 3.63) is 35.4 Å². The van der Waals surface area contributed by atoms with Crippen LogP contribution < -0.4 is 10.6 Å². The molecule has 1 aromatic rings. The van der Waals surface area contributed by atoms with Crippen molar-refractivity contribution < 1.29 is 28.7 Å². The van der Waals surface area contributed by atoms with Crippen LogP contribution in [0.5, 0.6) is 0 Å². The van der Waals surface area contributed by atoms with Crippen LogP contribution in [0.25, 0.3) is 0 Å². The van der Waals surface area contributed by atoms with E-state index in [1.165, 1.54) is 19.1 Å². The van der Waals surface area contributed by atoms with Crippen LogP contribution in [0.1, 0.15) is 51.8 Å². The van der Waals surface area contributed by atoms with Gasteiger partial charge < -0.3 is 25.0 Å². The molecule has 0 saturated heterocycles. The van der Waals surface area contributed by atoms with Gasteiger partial charge in [-0.15, -0.1) is 0 Å². The summed E-state index contributed by atoms with van der Waals surface area (Å²) in [6.45, 7) is 10.3. The van der Waals surface area contributed by atoms with Gasteiger partial charge in [0.1, 0.15) is 24.2 Å². The molecule has 2 unspecified atom stereocenters. The van der Waals surface area contributed by atoms with Gasteiger partial charge in [0.25, 0.3) is 0 Å². The first-order valence-corrected chi connectivity index (χ1v) is 10.4. The zero-order valence-corrected chi connectivity index (χ0v) is 20.1. The predicted octanol–water partition coefficient (Wildman–Crippen LogP) is 2.33. The lowest BCUT2D eigenvalue weighted by atomic mass is 9.98. The first-order valence-electron chi connectivity index (χ1n) is 10.4. The third-order valence-electron chi connectivity index (χ3n) is 4.58. The van der Waals surface area contributed by atoms with Crippen LogP contribution in [-0.4, -0.2) is 61.1 Å². The molecule has 2 N–H and O–H groups in total. The second kappa shape index (κ2) is 11.5. The molecule has 0 saturated carbocycles. The van der Waals surface area contributed by atoms with E-state index in [0.29, 0.717) is 5.56 Å². The van der Waals surface area contributed by atoms with Crippen molar-refractivity contribution in [1.82, 2.24) is 15.5 Å². The Kier molecular flexibility index (Phi) is 9.68. The van der Waals surface area contributed by atoms with E-state index >= 15 is 0 Å². The third kappa shape index (κ3) is 8.20. The van der Waals surface area contributed by atoms with E-state index in [9.17, 15) is 19.2 Å². The molecular weight excluding hydrogens is 414 g/mol. The van der Waals surface area contributed by atoms with Gasteiger partial charge in [0, 0.05) is 7.05 Å². The molecule has 0 aliphatic carbocycles. The van der Waals surface area contributed by atoms with Gasteiger partial charge in [0.05, 0.1) is 7.11 Å². The van der Waals surface area contributed by atoms with Gasteiger partial charge in [-0.3, -0.25) is 14.4 Å². The Bertz CT molecular complexity index is 831. The van der Waals surface area contributed by atoms with Gasteiger partial charge in [-0.1, -0.05) is 43.7 Å². The maximum absolute atomic E-state index is 13.4. The first-order chi connectivity index (χ1) is 14.8. The Morgan fingerprint density at radius 1 is 1.12 bits per heavy atom. The monoisotopic (exact) mass is 449 g/mol. The van der Waals surface area contributed by atoms with Crippen molar-refractivity contribution in [2.45, 2.75) is 59.2 Å². The molecule has 2 atom stereocenters. The normalized spacial score (nSPS) is 13.0. The van der Waals surface area contributed by atoms with E-state index < -0.39 is 41.6 Å². The molecule has 9 nitrogen and oxygen atoms in total. The summed E-state index contributed by atoms with van der Waals surface area (Å²) in [5, 5.41) is 5.12. The lowest BCUT2D eigenvalue weighted by Crippen LogP contribution is -2.53. The molecule has 32 heavy (non-hydrogen) atoms. The summed E-state index contributed by atoms with van der Waals surface area (Å²) in [4.78, 5) is 51.4. The fourth-order valence-corrected chi connectivity index (χ4v) is 3.01. The molecule has 1 rings (SSSR count). The summed E-state index contributed by atoms with van der Waals surface area (Å²) in [6.07, 6.45) is -0.722. The summed E-state index contributed by atoms with van der Waals surface area (Å²) in [6, 6.07) is 5.23. The number of nitrogens with one attached hydrogen (secondary N) is 2. The van der Waals surface area contributed by atoms with E-state index in [-0.39, 0.29) is 12.5 Å². The summed E-state index contributed by atoms with van der Waals surface area (Å²) in [7, 11) is 2.71. The zero-order valence-electron chi connectivity index (χ0n) is 20.1. The number of esters is 1. The minimum atomic E-state index is -1.02. The van der Waals surface area contributed by atoms with Crippen molar-refractivity contribution in [2.75, 3.05) is 20.7 Å². The lowest BCUT2D eigenvalue weighted by Gasteiger charge is -2.33. The number of hydrogen-bond acceptors (Lipinski definition) is 6. The van der Waals surface area contributed by atoms with Crippen LogP contribution in [0.4, 0.5) is 4.79 Å². The molecule has 0 radical (unpaired) electrons. The summed E-state index contributed by atoms with van der Waals surface area (Å²) < 4.78 is 9.85. The molecule has 0 aromatic heterocycles. The van der Waals surface area contributed by atoms with Gasteiger partial charge in [0.15, 0.2) is 0 Å². The number of ether oxygens (including phenoxy) is 2. The highest BCUT2D eigenvalue weighted by Gasteiger charge is 2.35. The Morgan fingerprint density at radius 2 is 1.75 bits per heavy atom. The molecule has 3 amide bonds. The highest BCUT2D eigenvalue weighted by Crippen LogP contribution is 2.23. The Morgan fingerprint density at radius 3 is 2.25 bits per heavy atom. The smallest absolute Gasteiger partial charge is 0.408 e. The molecule has 1 aromatic carbocycles. The van der Waals surface area contributed by atoms with Crippen LogP contribution in [-0.2, 0) is 23.9 Å². The largest absolute Gasteiger partial charge is 0.468 e. The molecular formula is C23H35N3O6. The minimum Gasteiger partial charge on any atom is -0.468 e. The maximum atomic E-state index is 13.4. The third-order valence-corrected chi connectivity index (χ3v) is 4.58. The van der Waals surface area contributed by atoms with Crippen LogP contribution in [0.3, 0.4) is 0 Å². The molecule has 0 spiro atoms. The Hall–Kier alpha value is -3.10. The van der Waals surface area contributed by atoms with Crippen LogP contribution in [0, 0.1) is 12.8 Å². The quantitative estimate of drug-likeness (QED) is 0.589. The van der Waals surface area contributed by atoms with Gasteiger partial charge >= 0.3 is 12.1 Å². The van der Waals surface area contributed by atoms with Gasteiger partial charge in [-0.2, -0.15) is 0 Å². The van der Waals surface area contributed by atoms with E-state index in [1.54, 1.807) is 52.8 Å². The fraction of sp³-hybridized carbons (Fsp3) is 0.565. The first kappa shape index (κ1) is 26.9. The average Bonchev–Trinajstić information content (AvgIpc) is 2.68. The summed E-state index contributed by atoms with van der Waals surface area (Å²) in [5.74, 6) is -1.89. The van der Waals surface area contributed by atoms with Gasteiger partial charge in [-0.05, 0) is 39.2 Å². The van der Waals surface area contributed by atoms with Crippen LogP contribution >= 0.6 is 0 Å². The Balaban J connectivity index is 3.20. The second-order valence-corrected chi connectivity index (χ2v) is 8.93. The summed E-state index contributed by atoms with van der Waals surface area (Å²) >= 11 is 0. The fourth-order valence-electron chi connectivity index (χ4n) is 3.01. The number of methoxy groups -OCH3 is 1. The van der Waals surface area contributed by atoms with Crippen molar-refractivity contribution >= 4 is 23.9 Å². The molecule has 178 valence electrons. The van der Waals surface area contributed by atoms with E-state index in [0.717, 1.165) is 5.56 Å². The molecule has 0 heterocycles. The van der Waals surface area contributed by atoms with Crippen LogP contribution in [0.15, 0.2) is 24.3 Å². The number of hydrogen-bond donors (Lipinski definition) is 2. The standard InChI is InChI=1S/C23H35N3O6/c1-14(2)18(25-22(30)32-23(4,5)6)21(29)26(7)19(16-11-9-10-15(3)12-16)20(28)24-13-17(27)31-8/h9-12,14,18-19H,13H2,1-8H3,(H,24,28)(H,25,30). The average molecular weight is 450 g/mol. The number of likely N-dealkylation sites (N-methyl/N-ethyl adjacent to an activating group) is 1. The molecule has 0 bridgehead atoms. The SMILES string of the molecule is COC(=O)CNC(=O)C(c1cccc(C)c1)N(C)C(=O)C(NC(=O)OC(C)(C)C)C(C)C. The maximum Gasteiger partial charge on any atom is 0.408 e. The lowest BCUT2D eigenvalue weighted by molar-refractivity contribution is -0.144.